The number of furan rings is 1. The van der Waals surface area contributed by atoms with Crippen molar-refractivity contribution < 1.29 is 23.5 Å². The first-order chi connectivity index (χ1) is 12.2. The number of ether oxygens (including phenoxy) is 2. The summed E-state index contributed by atoms with van der Waals surface area (Å²) < 4.78 is 15.6. The van der Waals surface area contributed by atoms with Crippen LogP contribution in [0.4, 0.5) is 5.69 Å². The van der Waals surface area contributed by atoms with Gasteiger partial charge in [-0.05, 0) is 36.4 Å². The van der Waals surface area contributed by atoms with E-state index in [0.717, 1.165) is 0 Å². The van der Waals surface area contributed by atoms with Crippen LogP contribution in [0.15, 0.2) is 40.8 Å². The molecule has 1 aromatic carbocycles. The molecule has 1 aliphatic rings. The maximum atomic E-state index is 12.4. The first-order valence-electron chi connectivity index (χ1n) is 8.03. The van der Waals surface area contributed by atoms with E-state index in [1.54, 1.807) is 48.4 Å². The molecule has 0 aliphatic carbocycles. The fourth-order valence-electron chi connectivity index (χ4n) is 2.56. The third-order valence-corrected chi connectivity index (χ3v) is 3.86. The van der Waals surface area contributed by atoms with E-state index in [1.807, 2.05) is 0 Å². The topological polar surface area (TPSA) is 81.0 Å². The van der Waals surface area contributed by atoms with E-state index >= 15 is 0 Å². The van der Waals surface area contributed by atoms with E-state index in [9.17, 15) is 9.59 Å². The highest BCUT2D eigenvalue weighted by molar-refractivity contribution is 6.02. The average molecular weight is 344 g/mol. The van der Waals surface area contributed by atoms with Gasteiger partial charge in [0, 0.05) is 31.5 Å². The number of hydrogen-bond donors (Lipinski definition) is 1. The van der Waals surface area contributed by atoms with Gasteiger partial charge in [-0.3, -0.25) is 9.59 Å². The van der Waals surface area contributed by atoms with Gasteiger partial charge >= 0.3 is 0 Å². The quantitative estimate of drug-likeness (QED) is 0.899. The van der Waals surface area contributed by atoms with Crippen molar-refractivity contribution in [1.29, 1.82) is 0 Å². The number of carbonyl (C=O) groups excluding carboxylic acids is 2. The lowest BCUT2D eigenvalue weighted by Gasteiger charge is -2.26. The summed E-state index contributed by atoms with van der Waals surface area (Å²) in [5.41, 5.74) is 1.17. The molecule has 1 aromatic heterocycles. The summed E-state index contributed by atoms with van der Waals surface area (Å²) in [5.74, 6) is 0.408. The number of rotatable bonds is 5. The van der Waals surface area contributed by atoms with Crippen LogP contribution in [0.25, 0.3) is 0 Å². The van der Waals surface area contributed by atoms with Crippen molar-refractivity contribution in [3.63, 3.8) is 0 Å². The van der Waals surface area contributed by atoms with Crippen LogP contribution in [0.3, 0.4) is 0 Å². The molecule has 25 heavy (non-hydrogen) atoms. The lowest BCUT2D eigenvalue weighted by Crippen LogP contribution is -2.40. The van der Waals surface area contributed by atoms with Gasteiger partial charge in [-0.15, -0.1) is 0 Å². The number of anilines is 1. The maximum Gasteiger partial charge on any atom is 0.291 e. The standard InChI is InChI=1S/C18H20N2O5/c1-23-12-15-6-7-16(25-15)17(21)19-14-4-2-13(3-5-14)18(22)20-8-10-24-11-9-20/h2-7H,8-12H2,1H3,(H,19,21). The molecule has 0 unspecified atom stereocenters. The summed E-state index contributed by atoms with van der Waals surface area (Å²) in [6, 6.07) is 10.1. The number of nitrogens with zero attached hydrogens (tertiary/aromatic N) is 1. The SMILES string of the molecule is COCc1ccc(C(=O)Nc2ccc(C(=O)N3CCOCC3)cc2)o1. The average Bonchev–Trinajstić information content (AvgIpc) is 3.12. The number of carbonyl (C=O) groups is 2. The highest BCUT2D eigenvalue weighted by Gasteiger charge is 2.18. The Hall–Kier alpha value is -2.64. The number of benzene rings is 1. The molecule has 0 bridgehead atoms. The normalized spacial score (nSPS) is 14.4. The molecular formula is C18H20N2O5. The molecule has 0 spiro atoms. The molecule has 1 aliphatic heterocycles. The largest absolute Gasteiger partial charge is 0.453 e. The van der Waals surface area contributed by atoms with E-state index in [4.69, 9.17) is 13.9 Å². The molecule has 2 aromatic rings. The molecular weight excluding hydrogens is 324 g/mol. The van der Waals surface area contributed by atoms with Crippen molar-refractivity contribution in [2.24, 2.45) is 0 Å². The third-order valence-electron chi connectivity index (χ3n) is 3.86. The van der Waals surface area contributed by atoms with Gasteiger partial charge in [0.05, 0.1) is 13.2 Å². The number of morpholine rings is 1. The summed E-state index contributed by atoms with van der Waals surface area (Å²) in [7, 11) is 1.56. The highest BCUT2D eigenvalue weighted by Crippen LogP contribution is 2.15. The zero-order valence-electron chi connectivity index (χ0n) is 14.0. The Balaban J connectivity index is 1.61. The minimum Gasteiger partial charge on any atom is -0.453 e. The molecule has 0 radical (unpaired) electrons. The van der Waals surface area contributed by atoms with Crippen molar-refractivity contribution in [3.05, 3.63) is 53.5 Å². The van der Waals surface area contributed by atoms with Gasteiger partial charge in [0.2, 0.25) is 0 Å². The monoisotopic (exact) mass is 344 g/mol. The lowest BCUT2D eigenvalue weighted by molar-refractivity contribution is 0.0303. The number of nitrogens with one attached hydrogen (secondary N) is 1. The van der Waals surface area contributed by atoms with Crippen molar-refractivity contribution in [2.75, 3.05) is 38.7 Å². The second-order valence-corrected chi connectivity index (χ2v) is 5.64. The van der Waals surface area contributed by atoms with Gasteiger partial charge in [-0.2, -0.15) is 0 Å². The van der Waals surface area contributed by atoms with E-state index in [0.29, 0.717) is 49.9 Å². The van der Waals surface area contributed by atoms with Gasteiger partial charge < -0.3 is 24.1 Å². The Labute approximate surface area is 145 Å². The van der Waals surface area contributed by atoms with Crippen LogP contribution >= 0.6 is 0 Å². The Bertz CT molecular complexity index is 732. The van der Waals surface area contributed by atoms with Gasteiger partial charge in [0.1, 0.15) is 12.4 Å². The number of hydrogen-bond acceptors (Lipinski definition) is 5. The molecule has 7 heteroatoms. The third kappa shape index (κ3) is 4.26. The number of methoxy groups -OCH3 is 1. The Kier molecular flexibility index (Phi) is 5.47. The molecule has 3 rings (SSSR count). The van der Waals surface area contributed by atoms with Crippen LogP contribution in [0.5, 0.6) is 0 Å². The smallest absolute Gasteiger partial charge is 0.291 e. The first-order valence-corrected chi connectivity index (χ1v) is 8.03. The van der Waals surface area contributed by atoms with E-state index in [2.05, 4.69) is 5.32 Å². The molecule has 2 heterocycles. The fraction of sp³-hybridized carbons (Fsp3) is 0.333. The van der Waals surface area contributed by atoms with Crippen LogP contribution in [0.1, 0.15) is 26.7 Å². The van der Waals surface area contributed by atoms with Gasteiger partial charge in [0.25, 0.3) is 11.8 Å². The Morgan fingerprint density at radius 2 is 1.84 bits per heavy atom. The van der Waals surface area contributed by atoms with Crippen LogP contribution in [-0.2, 0) is 16.1 Å². The van der Waals surface area contributed by atoms with Gasteiger partial charge in [-0.1, -0.05) is 0 Å². The van der Waals surface area contributed by atoms with E-state index < -0.39 is 0 Å². The Morgan fingerprint density at radius 3 is 2.52 bits per heavy atom. The minimum absolute atomic E-state index is 0.0311. The molecule has 7 nitrogen and oxygen atoms in total. The van der Waals surface area contributed by atoms with Crippen molar-refractivity contribution in [1.82, 2.24) is 4.90 Å². The summed E-state index contributed by atoms with van der Waals surface area (Å²) in [6.07, 6.45) is 0. The zero-order chi connectivity index (χ0) is 17.6. The highest BCUT2D eigenvalue weighted by atomic mass is 16.5. The van der Waals surface area contributed by atoms with Crippen LogP contribution in [-0.4, -0.2) is 50.1 Å². The molecule has 0 saturated carbocycles. The summed E-state index contributed by atoms with van der Waals surface area (Å²) in [5, 5.41) is 2.74. The Morgan fingerprint density at radius 1 is 1.12 bits per heavy atom. The van der Waals surface area contributed by atoms with Crippen LogP contribution in [0.2, 0.25) is 0 Å². The zero-order valence-corrected chi connectivity index (χ0v) is 14.0. The van der Waals surface area contributed by atoms with Crippen LogP contribution < -0.4 is 5.32 Å². The van der Waals surface area contributed by atoms with Gasteiger partial charge in [0.15, 0.2) is 5.76 Å². The van der Waals surface area contributed by atoms with E-state index in [-0.39, 0.29) is 17.6 Å². The number of amides is 2. The van der Waals surface area contributed by atoms with Crippen molar-refractivity contribution in [3.8, 4) is 0 Å². The van der Waals surface area contributed by atoms with Crippen molar-refractivity contribution in [2.45, 2.75) is 6.61 Å². The lowest BCUT2D eigenvalue weighted by atomic mass is 10.1. The molecule has 132 valence electrons. The maximum absolute atomic E-state index is 12.4. The van der Waals surface area contributed by atoms with Crippen molar-refractivity contribution >= 4 is 17.5 Å². The summed E-state index contributed by atoms with van der Waals surface area (Å²) >= 11 is 0. The molecule has 1 N–H and O–H groups in total. The summed E-state index contributed by atoms with van der Waals surface area (Å²) in [6.45, 7) is 2.63. The first kappa shape index (κ1) is 17.2. The second-order valence-electron chi connectivity index (χ2n) is 5.64. The second kappa shape index (κ2) is 7.96. The van der Waals surface area contributed by atoms with Crippen LogP contribution in [0, 0.1) is 0 Å². The summed E-state index contributed by atoms with van der Waals surface area (Å²) in [4.78, 5) is 26.3. The van der Waals surface area contributed by atoms with E-state index in [1.165, 1.54) is 0 Å². The molecule has 2 amide bonds. The fourth-order valence-corrected chi connectivity index (χ4v) is 2.56. The molecule has 1 saturated heterocycles. The molecule has 0 atom stereocenters. The predicted octanol–water partition coefficient (Wildman–Crippen LogP) is 2.15. The van der Waals surface area contributed by atoms with Gasteiger partial charge in [-0.25, -0.2) is 0 Å². The molecule has 1 fully saturated rings. The predicted molar refractivity (Wildman–Crippen MR) is 90.5 cm³/mol. The minimum atomic E-state index is -0.352.